The molecule has 1 aliphatic rings. The Kier molecular flexibility index (Phi) is 5.55. The van der Waals surface area contributed by atoms with Crippen LogP contribution >= 0.6 is 0 Å². The number of hydrogen-bond acceptors (Lipinski definition) is 4. The molecule has 0 radical (unpaired) electrons. The molecule has 0 atom stereocenters. The summed E-state index contributed by atoms with van der Waals surface area (Å²) in [6, 6.07) is 9.46. The summed E-state index contributed by atoms with van der Waals surface area (Å²) < 4.78 is 10.7. The molecule has 0 saturated carbocycles. The van der Waals surface area contributed by atoms with Gasteiger partial charge in [-0.05, 0) is 12.1 Å². The fraction of sp³-hybridized carbons (Fsp3) is 0.467. The van der Waals surface area contributed by atoms with Crippen molar-refractivity contribution in [1.82, 2.24) is 4.90 Å². The number of benzene rings is 1. The second-order valence-electron chi connectivity index (χ2n) is 4.63. The average Bonchev–Trinajstić information content (AvgIpc) is 2.48. The molecule has 1 aliphatic heterocycles. The van der Waals surface area contributed by atoms with Gasteiger partial charge in [-0.2, -0.15) is 0 Å². The van der Waals surface area contributed by atoms with E-state index in [0.29, 0.717) is 39.1 Å². The molecular weight excluding hydrogens is 258 g/mol. The first-order valence-electron chi connectivity index (χ1n) is 6.81. The van der Waals surface area contributed by atoms with E-state index in [1.54, 1.807) is 4.90 Å². The average molecular weight is 277 g/mol. The molecule has 0 bridgehead atoms. The lowest BCUT2D eigenvalue weighted by molar-refractivity contribution is -0.139. The van der Waals surface area contributed by atoms with Gasteiger partial charge in [-0.25, -0.2) is 0 Å². The maximum Gasteiger partial charge on any atom is 0.248 e. The van der Waals surface area contributed by atoms with Gasteiger partial charge in [0.1, 0.15) is 24.7 Å². The zero-order chi connectivity index (χ0) is 14.2. The van der Waals surface area contributed by atoms with E-state index in [2.05, 4.69) is 0 Å². The molecule has 1 heterocycles. The molecule has 1 aromatic carbocycles. The van der Waals surface area contributed by atoms with E-state index in [-0.39, 0.29) is 18.3 Å². The van der Waals surface area contributed by atoms with Crippen molar-refractivity contribution in [3.63, 3.8) is 0 Å². The fourth-order valence-corrected chi connectivity index (χ4v) is 1.99. The lowest BCUT2D eigenvalue weighted by Crippen LogP contribution is -2.40. The predicted molar refractivity (Wildman–Crippen MR) is 73.6 cm³/mol. The molecule has 0 N–H and O–H groups in total. The van der Waals surface area contributed by atoms with Crippen LogP contribution in [0.15, 0.2) is 30.3 Å². The smallest absolute Gasteiger partial charge is 0.248 e. The Balaban J connectivity index is 1.57. The van der Waals surface area contributed by atoms with Crippen LogP contribution < -0.4 is 4.74 Å². The van der Waals surface area contributed by atoms with Crippen molar-refractivity contribution in [2.75, 3.05) is 32.9 Å². The zero-order valence-corrected chi connectivity index (χ0v) is 11.4. The van der Waals surface area contributed by atoms with Gasteiger partial charge in [-0.1, -0.05) is 18.2 Å². The van der Waals surface area contributed by atoms with Crippen LogP contribution in [-0.4, -0.2) is 49.5 Å². The number of para-hydroxylation sites is 1. The van der Waals surface area contributed by atoms with Crippen molar-refractivity contribution < 1.29 is 19.1 Å². The summed E-state index contributed by atoms with van der Waals surface area (Å²) >= 11 is 0. The van der Waals surface area contributed by atoms with E-state index in [9.17, 15) is 9.59 Å². The quantitative estimate of drug-likeness (QED) is 0.735. The van der Waals surface area contributed by atoms with E-state index in [4.69, 9.17) is 9.47 Å². The molecule has 1 aromatic rings. The van der Waals surface area contributed by atoms with Gasteiger partial charge in [0.2, 0.25) is 5.91 Å². The van der Waals surface area contributed by atoms with Gasteiger partial charge in [-0.15, -0.1) is 0 Å². The molecule has 0 unspecified atom stereocenters. The van der Waals surface area contributed by atoms with Crippen LogP contribution in [-0.2, 0) is 14.3 Å². The van der Waals surface area contributed by atoms with E-state index in [1.165, 1.54) is 0 Å². The maximum atomic E-state index is 11.8. The van der Waals surface area contributed by atoms with Gasteiger partial charge in [0.25, 0.3) is 0 Å². The minimum atomic E-state index is -0.0581. The normalized spacial score (nSPS) is 15.2. The summed E-state index contributed by atoms with van der Waals surface area (Å²) in [6.45, 7) is 1.86. The highest BCUT2D eigenvalue weighted by molar-refractivity contribution is 5.83. The van der Waals surface area contributed by atoms with Gasteiger partial charge < -0.3 is 14.4 Å². The number of rotatable bonds is 6. The molecule has 1 fully saturated rings. The number of hydrogen-bond donors (Lipinski definition) is 0. The summed E-state index contributed by atoms with van der Waals surface area (Å²) in [5.74, 6) is 0.959. The molecule has 2 rings (SSSR count). The molecule has 0 aromatic heterocycles. The van der Waals surface area contributed by atoms with Crippen molar-refractivity contribution in [1.29, 1.82) is 0 Å². The second kappa shape index (κ2) is 7.65. The SMILES string of the molecule is O=C1CCN(C(=O)COCCOc2ccccc2)CC1. The van der Waals surface area contributed by atoms with Gasteiger partial charge in [0.05, 0.1) is 6.61 Å². The van der Waals surface area contributed by atoms with E-state index < -0.39 is 0 Å². The highest BCUT2D eigenvalue weighted by Crippen LogP contribution is 2.08. The zero-order valence-electron chi connectivity index (χ0n) is 11.4. The summed E-state index contributed by atoms with van der Waals surface area (Å²) in [7, 11) is 0. The fourth-order valence-electron chi connectivity index (χ4n) is 1.99. The number of nitrogens with zero attached hydrogens (tertiary/aromatic N) is 1. The molecule has 5 nitrogen and oxygen atoms in total. The number of Topliss-reactive ketones (excluding diaryl/α,β-unsaturated/α-hetero) is 1. The predicted octanol–water partition coefficient (Wildman–Crippen LogP) is 1.27. The molecule has 5 heteroatoms. The molecule has 1 saturated heterocycles. The minimum absolute atomic E-state index is 0.0480. The first-order valence-corrected chi connectivity index (χ1v) is 6.81. The van der Waals surface area contributed by atoms with Crippen molar-refractivity contribution in [3.8, 4) is 5.75 Å². The van der Waals surface area contributed by atoms with Crippen LogP contribution in [0.1, 0.15) is 12.8 Å². The molecule has 108 valence electrons. The summed E-state index contributed by atoms with van der Waals surface area (Å²) in [5.41, 5.74) is 0. The summed E-state index contributed by atoms with van der Waals surface area (Å²) in [4.78, 5) is 24.5. The monoisotopic (exact) mass is 277 g/mol. The number of ketones is 1. The third kappa shape index (κ3) is 4.66. The van der Waals surface area contributed by atoms with Crippen LogP contribution in [0.4, 0.5) is 0 Å². The topological polar surface area (TPSA) is 55.8 Å². The van der Waals surface area contributed by atoms with Crippen LogP contribution in [0.2, 0.25) is 0 Å². The first kappa shape index (κ1) is 14.5. The molecular formula is C15H19NO4. The standard InChI is InChI=1S/C15H19NO4/c17-13-6-8-16(9-7-13)15(18)12-19-10-11-20-14-4-2-1-3-5-14/h1-5H,6-12H2. The van der Waals surface area contributed by atoms with Gasteiger partial charge in [0.15, 0.2) is 0 Å². The van der Waals surface area contributed by atoms with Crippen molar-refractivity contribution in [2.45, 2.75) is 12.8 Å². The van der Waals surface area contributed by atoms with Crippen molar-refractivity contribution in [3.05, 3.63) is 30.3 Å². The number of ether oxygens (including phenoxy) is 2. The molecule has 1 amide bonds. The maximum absolute atomic E-state index is 11.8. The van der Waals surface area contributed by atoms with Crippen LogP contribution in [0.25, 0.3) is 0 Å². The highest BCUT2D eigenvalue weighted by Gasteiger charge is 2.20. The molecule has 0 aliphatic carbocycles. The number of amides is 1. The Morgan fingerprint density at radius 3 is 2.50 bits per heavy atom. The minimum Gasteiger partial charge on any atom is -0.491 e. The van der Waals surface area contributed by atoms with Gasteiger partial charge >= 0.3 is 0 Å². The van der Waals surface area contributed by atoms with E-state index in [0.717, 1.165) is 5.75 Å². The van der Waals surface area contributed by atoms with E-state index in [1.807, 2.05) is 30.3 Å². The summed E-state index contributed by atoms with van der Waals surface area (Å²) in [6.07, 6.45) is 0.922. The first-order chi connectivity index (χ1) is 9.75. The van der Waals surface area contributed by atoms with Crippen LogP contribution in [0.3, 0.4) is 0 Å². The Morgan fingerprint density at radius 2 is 1.80 bits per heavy atom. The third-order valence-electron chi connectivity index (χ3n) is 3.14. The Morgan fingerprint density at radius 1 is 1.10 bits per heavy atom. The van der Waals surface area contributed by atoms with Crippen LogP contribution in [0, 0.1) is 0 Å². The molecule has 20 heavy (non-hydrogen) atoms. The van der Waals surface area contributed by atoms with Crippen molar-refractivity contribution >= 4 is 11.7 Å². The van der Waals surface area contributed by atoms with Crippen molar-refractivity contribution in [2.24, 2.45) is 0 Å². The number of carbonyl (C=O) groups excluding carboxylic acids is 2. The van der Waals surface area contributed by atoms with Gasteiger partial charge in [0, 0.05) is 25.9 Å². The second-order valence-corrected chi connectivity index (χ2v) is 4.63. The molecule has 0 spiro atoms. The van der Waals surface area contributed by atoms with Crippen LogP contribution in [0.5, 0.6) is 5.75 Å². The summed E-state index contributed by atoms with van der Waals surface area (Å²) in [5, 5.41) is 0. The van der Waals surface area contributed by atoms with E-state index >= 15 is 0 Å². The number of likely N-dealkylation sites (tertiary alicyclic amines) is 1. The number of piperidine rings is 1. The van der Waals surface area contributed by atoms with Gasteiger partial charge in [-0.3, -0.25) is 9.59 Å². The Bertz CT molecular complexity index is 436. The largest absolute Gasteiger partial charge is 0.491 e. The lowest BCUT2D eigenvalue weighted by atomic mass is 10.1. The lowest BCUT2D eigenvalue weighted by Gasteiger charge is -2.25. The Hall–Kier alpha value is -1.88. The highest BCUT2D eigenvalue weighted by atomic mass is 16.5. The Labute approximate surface area is 118 Å². The number of carbonyl (C=O) groups is 2. The third-order valence-corrected chi connectivity index (χ3v) is 3.14.